The summed E-state index contributed by atoms with van der Waals surface area (Å²) in [6.45, 7) is 3.85. The summed E-state index contributed by atoms with van der Waals surface area (Å²) in [7, 11) is 1.92. The lowest BCUT2D eigenvalue weighted by molar-refractivity contribution is 0.846. The van der Waals surface area contributed by atoms with Crippen LogP contribution in [-0.2, 0) is 13.5 Å². The summed E-state index contributed by atoms with van der Waals surface area (Å²) in [5.41, 5.74) is 3.50. The van der Waals surface area contributed by atoms with Crippen molar-refractivity contribution in [1.82, 2.24) is 29.1 Å². The van der Waals surface area contributed by atoms with Crippen LogP contribution >= 0.6 is 11.6 Å². The van der Waals surface area contributed by atoms with Crippen LogP contribution in [-0.4, -0.2) is 29.1 Å². The Balaban J connectivity index is 1.73. The largest absolute Gasteiger partial charge is 0.327 e. The van der Waals surface area contributed by atoms with Gasteiger partial charge in [0.05, 0.1) is 5.69 Å². The predicted octanol–water partition coefficient (Wildman–Crippen LogP) is 3.45. The lowest BCUT2D eigenvalue weighted by atomic mass is 10.2. The molecule has 0 atom stereocenters. The van der Waals surface area contributed by atoms with E-state index in [1.54, 1.807) is 4.52 Å². The van der Waals surface area contributed by atoms with Gasteiger partial charge in [-0.2, -0.15) is 9.50 Å². The zero-order valence-electron chi connectivity index (χ0n) is 15.2. The highest BCUT2D eigenvalue weighted by Gasteiger charge is 2.13. The Bertz CT molecular complexity index is 1190. The van der Waals surface area contributed by atoms with Gasteiger partial charge in [0.25, 0.3) is 0 Å². The molecule has 0 spiro atoms. The van der Waals surface area contributed by atoms with Gasteiger partial charge in [0.1, 0.15) is 11.0 Å². The van der Waals surface area contributed by atoms with Crippen LogP contribution in [0.25, 0.3) is 16.9 Å². The van der Waals surface area contributed by atoms with Crippen molar-refractivity contribution >= 4 is 17.2 Å². The minimum absolute atomic E-state index is 0.418. The van der Waals surface area contributed by atoms with Gasteiger partial charge in [0, 0.05) is 24.4 Å². The molecule has 0 N–H and O–H groups in total. The number of fused-ring (bicyclic) bond motifs is 1. The second-order valence-corrected chi connectivity index (χ2v) is 6.49. The standard InChI is InChI=1S/C20H17ClN6/c1-4-15-19(21)22-13(2)27-20(15)24-17(25-27)10-11-18-23-16(12-26(18)3)14-8-6-5-7-9-14/h5-9,12H,4H2,1-3H3. The van der Waals surface area contributed by atoms with E-state index in [9.17, 15) is 0 Å². The fraction of sp³-hybridized carbons (Fsp3) is 0.200. The van der Waals surface area contributed by atoms with Crippen LogP contribution in [0.4, 0.5) is 0 Å². The summed E-state index contributed by atoms with van der Waals surface area (Å²) in [5.74, 6) is 7.81. The number of imidazole rings is 1. The van der Waals surface area contributed by atoms with Crippen LogP contribution in [0.1, 0.15) is 30.0 Å². The Labute approximate surface area is 161 Å². The van der Waals surface area contributed by atoms with Crippen LogP contribution in [0.3, 0.4) is 0 Å². The van der Waals surface area contributed by atoms with Crippen molar-refractivity contribution < 1.29 is 0 Å². The highest BCUT2D eigenvalue weighted by atomic mass is 35.5. The molecule has 3 aromatic heterocycles. The second kappa shape index (κ2) is 6.86. The monoisotopic (exact) mass is 376 g/mol. The van der Waals surface area contributed by atoms with E-state index in [1.165, 1.54) is 0 Å². The highest BCUT2D eigenvalue weighted by Crippen LogP contribution is 2.20. The predicted molar refractivity (Wildman–Crippen MR) is 105 cm³/mol. The average Bonchev–Trinajstić information content (AvgIpc) is 3.25. The first kappa shape index (κ1) is 17.3. The van der Waals surface area contributed by atoms with Gasteiger partial charge >= 0.3 is 0 Å². The van der Waals surface area contributed by atoms with Gasteiger partial charge in [0.15, 0.2) is 11.5 Å². The van der Waals surface area contributed by atoms with Gasteiger partial charge in [-0.3, -0.25) is 0 Å². The maximum atomic E-state index is 6.23. The fourth-order valence-electron chi connectivity index (χ4n) is 2.88. The van der Waals surface area contributed by atoms with Crippen molar-refractivity contribution in [3.05, 3.63) is 64.7 Å². The molecule has 0 amide bonds. The van der Waals surface area contributed by atoms with E-state index in [-0.39, 0.29) is 0 Å². The van der Waals surface area contributed by atoms with E-state index in [0.717, 1.165) is 23.2 Å². The third-order valence-corrected chi connectivity index (χ3v) is 4.59. The molecular formula is C20H17ClN6. The Morgan fingerprint density at radius 1 is 1.07 bits per heavy atom. The number of rotatable bonds is 2. The summed E-state index contributed by atoms with van der Waals surface area (Å²) in [4.78, 5) is 13.5. The van der Waals surface area contributed by atoms with Gasteiger partial charge in [0.2, 0.25) is 5.82 Å². The minimum Gasteiger partial charge on any atom is -0.327 e. The van der Waals surface area contributed by atoms with E-state index in [2.05, 4.69) is 31.9 Å². The fourth-order valence-corrected chi connectivity index (χ4v) is 3.22. The van der Waals surface area contributed by atoms with Gasteiger partial charge < -0.3 is 4.57 Å². The Kier molecular flexibility index (Phi) is 4.38. The molecule has 0 bridgehead atoms. The van der Waals surface area contributed by atoms with Crippen molar-refractivity contribution in [3.8, 4) is 23.1 Å². The van der Waals surface area contributed by atoms with Crippen LogP contribution < -0.4 is 0 Å². The first-order chi connectivity index (χ1) is 13.1. The molecule has 3 heterocycles. The molecule has 27 heavy (non-hydrogen) atoms. The quantitative estimate of drug-likeness (QED) is 0.397. The lowest BCUT2D eigenvalue weighted by Crippen LogP contribution is -2.02. The van der Waals surface area contributed by atoms with Crippen molar-refractivity contribution in [1.29, 1.82) is 0 Å². The number of hydrogen-bond acceptors (Lipinski definition) is 4. The molecule has 0 unspecified atom stereocenters. The molecule has 4 rings (SSSR count). The number of halogens is 1. The Hall–Kier alpha value is -3.17. The first-order valence-electron chi connectivity index (χ1n) is 8.59. The average molecular weight is 377 g/mol. The molecule has 0 radical (unpaired) electrons. The summed E-state index contributed by atoms with van der Waals surface area (Å²) < 4.78 is 3.58. The maximum absolute atomic E-state index is 6.23. The molecule has 4 aromatic rings. The van der Waals surface area contributed by atoms with Crippen LogP contribution in [0.15, 0.2) is 36.5 Å². The summed E-state index contributed by atoms with van der Waals surface area (Å²) in [6.07, 6.45) is 2.68. The molecule has 1 aromatic carbocycles. The zero-order valence-corrected chi connectivity index (χ0v) is 16.0. The molecule has 6 nitrogen and oxygen atoms in total. The molecule has 7 heteroatoms. The van der Waals surface area contributed by atoms with E-state index < -0.39 is 0 Å². The SMILES string of the molecule is CCc1c(Cl)nc(C)n2nc(C#Cc3nc(-c4ccccc4)cn3C)nc12. The van der Waals surface area contributed by atoms with Crippen molar-refractivity contribution in [2.75, 3.05) is 0 Å². The summed E-state index contributed by atoms with van der Waals surface area (Å²) in [5, 5.41) is 4.91. The maximum Gasteiger partial charge on any atom is 0.226 e. The molecule has 0 aliphatic rings. The minimum atomic E-state index is 0.418. The molecule has 0 saturated carbocycles. The van der Waals surface area contributed by atoms with Gasteiger partial charge in [-0.05, 0) is 25.2 Å². The zero-order chi connectivity index (χ0) is 19.0. The normalized spacial score (nSPS) is 10.8. The Morgan fingerprint density at radius 2 is 1.85 bits per heavy atom. The molecular weight excluding hydrogens is 360 g/mol. The first-order valence-corrected chi connectivity index (χ1v) is 8.97. The summed E-state index contributed by atoms with van der Waals surface area (Å²) in [6, 6.07) is 10.0. The van der Waals surface area contributed by atoms with Gasteiger partial charge in [-0.1, -0.05) is 48.9 Å². The molecule has 0 saturated heterocycles. The number of aromatic nitrogens is 6. The topological polar surface area (TPSA) is 60.9 Å². The third-order valence-electron chi connectivity index (χ3n) is 4.28. The molecule has 134 valence electrons. The van der Waals surface area contributed by atoms with Crippen molar-refractivity contribution in [2.45, 2.75) is 20.3 Å². The molecule has 0 fully saturated rings. The van der Waals surface area contributed by atoms with Crippen LogP contribution in [0.2, 0.25) is 5.15 Å². The Morgan fingerprint density at radius 3 is 2.59 bits per heavy atom. The molecule has 0 aliphatic heterocycles. The van der Waals surface area contributed by atoms with E-state index in [4.69, 9.17) is 11.6 Å². The number of nitrogens with zero attached hydrogens (tertiary/aromatic N) is 6. The number of aryl methyl sites for hydroxylation is 3. The van der Waals surface area contributed by atoms with Crippen LogP contribution in [0.5, 0.6) is 0 Å². The van der Waals surface area contributed by atoms with E-state index >= 15 is 0 Å². The summed E-state index contributed by atoms with van der Waals surface area (Å²) >= 11 is 6.23. The van der Waals surface area contributed by atoms with Crippen LogP contribution in [0, 0.1) is 18.8 Å². The molecule has 0 aliphatic carbocycles. The van der Waals surface area contributed by atoms with Gasteiger partial charge in [-0.25, -0.2) is 9.97 Å². The van der Waals surface area contributed by atoms with E-state index in [1.807, 2.05) is 62.0 Å². The van der Waals surface area contributed by atoms with Crippen molar-refractivity contribution in [2.24, 2.45) is 7.05 Å². The lowest BCUT2D eigenvalue weighted by Gasteiger charge is -2.03. The highest BCUT2D eigenvalue weighted by molar-refractivity contribution is 6.30. The second-order valence-electron chi connectivity index (χ2n) is 6.13. The number of benzene rings is 1. The van der Waals surface area contributed by atoms with Crippen molar-refractivity contribution in [3.63, 3.8) is 0 Å². The third kappa shape index (κ3) is 3.18. The van der Waals surface area contributed by atoms with Gasteiger partial charge in [-0.15, -0.1) is 5.10 Å². The smallest absolute Gasteiger partial charge is 0.226 e. The van der Waals surface area contributed by atoms with E-state index in [0.29, 0.717) is 28.3 Å². The number of hydrogen-bond donors (Lipinski definition) is 0.